The zero-order valence-corrected chi connectivity index (χ0v) is 22.5. The van der Waals surface area contributed by atoms with Gasteiger partial charge in [-0.15, -0.1) is 0 Å². The zero-order chi connectivity index (χ0) is 24.2. The molecule has 0 radical (unpaired) electrons. The number of unbranched alkanes of at least 4 members (excludes halogenated alkanes) is 8. The SMILES string of the molecule is CCCCCCCCCCCc1nccn1CCCNC(=O)NCCC[Si](OC)(OC)OC. The molecule has 0 aliphatic heterocycles. The first-order valence-corrected chi connectivity index (χ1v) is 14.7. The van der Waals surface area contributed by atoms with Crippen LogP contribution in [-0.4, -0.2) is 58.8 Å². The second-order valence-electron chi connectivity index (χ2n) is 8.55. The molecule has 0 bridgehead atoms. The maximum Gasteiger partial charge on any atom is 0.500 e. The maximum atomic E-state index is 12.0. The molecule has 1 heterocycles. The van der Waals surface area contributed by atoms with E-state index in [1.54, 1.807) is 21.3 Å². The minimum Gasteiger partial charge on any atom is -0.377 e. The van der Waals surface area contributed by atoms with Gasteiger partial charge in [0.2, 0.25) is 0 Å². The van der Waals surface area contributed by atoms with Crippen LogP contribution in [0.3, 0.4) is 0 Å². The van der Waals surface area contributed by atoms with Crippen LogP contribution in [-0.2, 0) is 26.2 Å². The Morgan fingerprint density at radius 2 is 1.45 bits per heavy atom. The van der Waals surface area contributed by atoms with Gasteiger partial charge >= 0.3 is 14.8 Å². The Kier molecular flexibility index (Phi) is 17.0. The number of nitrogens with one attached hydrogen (secondary N) is 2. The number of nitrogens with zero attached hydrogens (tertiary/aromatic N) is 2. The first-order valence-electron chi connectivity index (χ1n) is 12.8. The Morgan fingerprint density at radius 1 is 0.879 bits per heavy atom. The van der Waals surface area contributed by atoms with Crippen LogP contribution in [0.2, 0.25) is 6.04 Å². The molecule has 2 amide bonds. The predicted molar refractivity (Wildman–Crippen MR) is 135 cm³/mol. The van der Waals surface area contributed by atoms with E-state index in [0.717, 1.165) is 31.6 Å². The summed E-state index contributed by atoms with van der Waals surface area (Å²) in [5, 5.41) is 5.80. The largest absolute Gasteiger partial charge is 0.500 e. The highest BCUT2D eigenvalue weighted by Crippen LogP contribution is 2.14. The molecule has 0 aromatic carbocycles. The Balaban J connectivity index is 2.09. The number of hydrogen-bond acceptors (Lipinski definition) is 5. The van der Waals surface area contributed by atoms with E-state index in [-0.39, 0.29) is 6.03 Å². The van der Waals surface area contributed by atoms with E-state index in [0.29, 0.717) is 19.1 Å². The molecule has 0 atom stereocenters. The second kappa shape index (κ2) is 18.9. The molecule has 0 saturated heterocycles. The van der Waals surface area contributed by atoms with Crippen molar-refractivity contribution in [3.63, 3.8) is 0 Å². The van der Waals surface area contributed by atoms with Crippen LogP contribution in [0.1, 0.15) is 83.4 Å². The monoisotopic (exact) mass is 484 g/mol. The van der Waals surface area contributed by atoms with Gasteiger partial charge in [0.05, 0.1) is 0 Å². The second-order valence-corrected chi connectivity index (χ2v) is 11.6. The van der Waals surface area contributed by atoms with E-state index < -0.39 is 8.80 Å². The summed E-state index contributed by atoms with van der Waals surface area (Å²) in [6.07, 6.45) is 18.6. The molecule has 1 rings (SSSR count). The Bertz CT molecular complexity index is 603. The van der Waals surface area contributed by atoms with Crippen LogP contribution in [0.5, 0.6) is 0 Å². The van der Waals surface area contributed by atoms with Crippen LogP contribution in [0, 0.1) is 0 Å². The summed E-state index contributed by atoms with van der Waals surface area (Å²) in [6, 6.07) is 0.522. The summed E-state index contributed by atoms with van der Waals surface area (Å²) in [5.41, 5.74) is 0. The lowest BCUT2D eigenvalue weighted by Crippen LogP contribution is -2.43. The minimum atomic E-state index is -2.56. The van der Waals surface area contributed by atoms with Gasteiger partial charge < -0.3 is 28.5 Å². The van der Waals surface area contributed by atoms with Crippen LogP contribution < -0.4 is 10.6 Å². The van der Waals surface area contributed by atoms with E-state index in [9.17, 15) is 4.79 Å². The van der Waals surface area contributed by atoms with Gasteiger partial charge in [-0.1, -0.05) is 58.3 Å². The van der Waals surface area contributed by atoms with E-state index in [2.05, 4.69) is 27.1 Å². The first kappa shape index (κ1) is 29.6. The number of amides is 2. The molecule has 192 valence electrons. The van der Waals surface area contributed by atoms with Gasteiger partial charge in [0.25, 0.3) is 0 Å². The summed E-state index contributed by atoms with van der Waals surface area (Å²) in [5.74, 6) is 1.16. The standard InChI is InChI=1S/C24H48N4O4Si/c1-5-6-7-8-9-10-11-12-13-16-23-25-19-21-28(23)20-14-17-26-24(29)27-18-15-22-33(30-2,31-3)32-4/h19,21H,5-18,20,22H2,1-4H3,(H2,26,27,29). The van der Waals surface area contributed by atoms with Gasteiger partial charge in [0.1, 0.15) is 5.82 Å². The van der Waals surface area contributed by atoms with Gasteiger partial charge in [-0.2, -0.15) is 0 Å². The van der Waals surface area contributed by atoms with Crippen LogP contribution >= 0.6 is 0 Å². The zero-order valence-electron chi connectivity index (χ0n) is 21.5. The number of carbonyl (C=O) groups is 1. The van der Waals surface area contributed by atoms with Gasteiger partial charge in [0, 0.05) is 65.8 Å². The Hall–Kier alpha value is -1.42. The highest BCUT2D eigenvalue weighted by atomic mass is 28.4. The highest BCUT2D eigenvalue weighted by molar-refractivity contribution is 6.60. The smallest absolute Gasteiger partial charge is 0.377 e. The minimum absolute atomic E-state index is 0.143. The van der Waals surface area contributed by atoms with E-state index in [1.807, 2.05) is 12.4 Å². The molecule has 1 aromatic rings. The molecule has 33 heavy (non-hydrogen) atoms. The molecule has 0 aliphatic carbocycles. The molecule has 0 saturated carbocycles. The van der Waals surface area contributed by atoms with Gasteiger partial charge in [0.15, 0.2) is 0 Å². The van der Waals surface area contributed by atoms with Crippen molar-refractivity contribution in [3.8, 4) is 0 Å². The van der Waals surface area contributed by atoms with Crippen molar-refractivity contribution in [3.05, 3.63) is 18.2 Å². The maximum absolute atomic E-state index is 12.0. The number of urea groups is 1. The van der Waals surface area contributed by atoms with E-state index in [4.69, 9.17) is 13.3 Å². The summed E-state index contributed by atoms with van der Waals surface area (Å²) >= 11 is 0. The third-order valence-corrected chi connectivity index (χ3v) is 8.88. The molecule has 1 aromatic heterocycles. The van der Waals surface area contributed by atoms with Crippen molar-refractivity contribution in [1.29, 1.82) is 0 Å². The number of carbonyl (C=O) groups excluding carboxylic acids is 1. The van der Waals surface area contributed by atoms with Crippen molar-refractivity contribution in [1.82, 2.24) is 20.2 Å². The topological polar surface area (TPSA) is 86.6 Å². The third kappa shape index (κ3) is 13.1. The molecular formula is C24H48N4O4Si. The Labute approximate surface area is 202 Å². The number of hydrogen-bond donors (Lipinski definition) is 2. The molecule has 8 nitrogen and oxygen atoms in total. The summed E-state index contributed by atoms with van der Waals surface area (Å²) in [7, 11) is 2.24. The lowest BCUT2D eigenvalue weighted by molar-refractivity contribution is 0.123. The van der Waals surface area contributed by atoms with Crippen molar-refractivity contribution < 1.29 is 18.1 Å². The fourth-order valence-corrected chi connectivity index (χ4v) is 5.66. The van der Waals surface area contributed by atoms with Gasteiger partial charge in [-0.25, -0.2) is 9.78 Å². The average molecular weight is 485 g/mol. The molecule has 2 N–H and O–H groups in total. The summed E-state index contributed by atoms with van der Waals surface area (Å²) < 4.78 is 18.4. The number of imidazole rings is 1. The Morgan fingerprint density at radius 3 is 2.06 bits per heavy atom. The van der Waals surface area contributed by atoms with E-state index >= 15 is 0 Å². The lowest BCUT2D eigenvalue weighted by atomic mass is 10.1. The molecule has 0 unspecified atom stereocenters. The predicted octanol–water partition coefficient (Wildman–Crippen LogP) is 4.91. The molecule has 9 heteroatoms. The molecular weight excluding hydrogens is 436 g/mol. The fourth-order valence-electron chi connectivity index (χ4n) is 3.94. The highest BCUT2D eigenvalue weighted by Gasteiger charge is 2.36. The van der Waals surface area contributed by atoms with Gasteiger partial charge in [-0.3, -0.25) is 0 Å². The normalized spacial score (nSPS) is 11.6. The molecule has 0 aliphatic rings. The summed E-state index contributed by atoms with van der Waals surface area (Å²) in [6.45, 7) is 4.33. The average Bonchev–Trinajstić information content (AvgIpc) is 3.28. The fraction of sp³-hybridized carbons (Fsp3) is 0.833. The van der Waals surface area contributed by atoms with Crippen LogP contribution in [0.4, 0.5) is 4.79 Å². The van der Waals surface area contributed by atoms with Crippen molar-refractivity contribution >= 4 is 14.8 Å². The lowest BCUT2D eigenvalue weighted by Gasteiger charge is -2.24. The van der Waals surface area contributed by atoms with Crippen LogP contribution in [0.25, 0.3) is 0 Å². The number of aromatic nitrogens is 2. The van der Waals surface area contributed by atoms with Crippen molar-refractivity contribution in [2.75, 3.05) is 34.4 Å². The number of aryl methyl sites for hydroxylation is 2. The van der Waals surface area contributed by atoms with Crippen molar-refractivity contribution in [2.45, 2.75) is 96.6 Å². The van der Waals surface area contributed by atoms with E-state index in [1.165, 1.54) is 57.8 Å². The first-order chi connectivity index (χ1) is 16.1. The van der Waals surface area contributed by atoms with Gasteiger partial charge in [-0.05, 0) is 19.3 Å². The quantitative estimate of drug-likeness (QED) is 0.191. The third-order valence-electron chi connectivity index (χ3n) is 6.05. The van der Waals surface area contributed by atoms with Crippen LogP contribution in [0.15, 0.2) is 12.4 Å². The molecule has 0 fully saturated rings. The van der Waals surface area contributed by atoms with Crippen molar-refractivity contribution in [2.24, 2.45) is 0 Å². The number of rotatable bonds is 21. The summed E-state index contributed by atoms with van der Waals surface area (Å²) in [4.78, 5) is 16.5. The molecule has 0 spiro atoms.